The third kappa shape index (κ3) is 3.94. The van der Waals surface area contributed by atoms with Gasteiger partial charge < -0.3 is 4.74 Å². The monoisotopic (exact) mass is 345 g/mol. The number of piperidine rings is 1. The second kappa shape index (κ2) is 6.73. The molecule has 19 heavy (non-hydrogen) atoms. The van der Waals surface area contributed by atoms with Gasteiger partial charge in [-0.15, -0.1) is 0 Å². The number of esters is 1. The highest BCUT2D eigenvalue weighted by Crippen LogP contribution is 2.25. The first-order valence-corrected chi connectivity index (χ1v) is 7.51. The molecule has 104 valence electrons. The molecule has 1 fully saturated rings. The Morgan fingerprint density at radius 3 is 2.74 bits per heavy atom. The lowest BCUT2D eigenvalue weighted by Crippen LogP contribution is -2.36. The highest BCUT2D eigenvalue weighted by atomic mass is 79.9. The maximum atomic E-state index is 11.5. The summed E-state index contributed by atoms with van der Waals surface area (Å²) in [5.41, 5.74) is 1.13. The van der Waals surface area contributed by atoms with E-state index in [1.54, 1.807) is 0 Å². The summed E-state index contributed by atoms with van der Waals surface area (Å²) in [7, 11) is 1.45. The highest BCUT2D eigenvalue weighted by molar-refractivity contribution is 9.10. The molecule has 1 aromatic carbocycles. The quantitative estimate of drug-likeness (QED) is 0.785. The molecule has 0 radical (unpaired) electrons. The van der Waals surface area contributed by atoms with Crippen LogP contribution in [-0.2, 0) is 16.1 Å². The van der Waals surface area contributed by atoms with Gasteiger partial charge in [0.25, 0.3) is 0 Å². The van der Waals surface area contributed by atoms with Gasteiger partial charge in [-0.25, -0.2) is 0 Å². The Morgan fingerprint density at radius 2 is 2.16 bits per heavy atom. The van der Waals surface area contributed by atoms with Gasteiger partial charge in [0.2, 0.25) is 0 Å². The molecule has 1 saturated heterocycles. The molecule has 0 bridgehead atoms. The van der Waals surface area contributed by atoms with E-state index in [9.17, 15) is 4.79 Å². The van der Waals surface area contributed by atoms with Crippen LogP contribution < -0.4 is 0 Å². The van der Waals surface area contributed by atoms with Crippen LogP contribution in [-0.4, -0.2) is 31.1 Å². The third-order valence-corrected chi connectivity index (χ3v) is 4.38. The minimum Gasteiger partial charge on any atom is -0.469 e. The normalized spacial score (nSPS) is 17.4. The van der Waals surface area contributed by atoms with Crippen LogP contribution in [0.25, 0.3) is 0 Å². The average Bonchev–Trinajstić information content (AvgIpc) is 2.42. The molecule has 1 aliphatic heterocycles. The number of benzene rings is 1. The van der Waals surface area contributed by atoms with Gasteiger partial charge in [0.15, 0.2) is 0 Å². The van der Waals surface area contributed by atoms with Crippen molar-refractivity contribution < 1.29 is 9.53 Å². The summed E-state index contributed by atoms with van der Waals surface area (Å²) >= 11 is 9.62. The van der Waals surface area contributed by atoms with Gasteiger partial charge in [-0.05, 0) is 43.6 Å². The summed E-state index contributed by atoms with van der Waals surface area (Å²) < 4.78 is 5.78. The predicted octanol–water partition coefficient (Wildman–Crippen LogP) is 3.49. The number of hydrogen-bond donors (Lipinski definition) is 0. The minimum absolute atomic E-state index is 0.0571. The van der Waals surface area contributed by atoms with Crippen LogP contribution in [0.2, 0.25) is 5.02 Å². The zero-order valence-electron chi connectivity index (χ0n) is 10.9. The summed E-state index contributed by atoms with van der Waals surface area (Å²) in [6.07, 6.45) is 1.72. The summed E-state index contributed by atoms with van der Waals surface area (Å²) in [5.74, 6) is -0.0250. The van der Waals surface area contributed by atoms with E-state index < -0.39 is 0 Å². The van der Waals surface area contributed by atoms with E-state index in [0.717, 1.165) is 47.5 Å². The van der Waals surface area contributed by atoms with Crippen molar-refractivity contribution in [3.63, 3.8) is 0 Å². The third-order valence-electron chi connectivity index (χ3n) is 3.53. The summed E-state index contributed by atoms with van der Waals surface area (Å²) in [6.45, 7) is 2.65. The molecule has 0 amide bonds. The lowest BCUT2D eigenvalue weighted by atomic mass is 9.96. The van der Waals surface area contributed by atoms with Crippen molar-refractivity contribution in [2.75, 3.05) is 20.2 Å². The molecule has 2 rings (SSSR count). The van der Waals surface area contributed by atoms with Crippen molar-refractivity contribution >= 4 is 33.5 Å². The maximum Gasteiger partial charge on any atom is 0.308 e. The van der Waals surface area contributed by atoms with Crippen molar-refractivity contribution in [2.45, 2.75) is 19.4 Å². The zero-order valence-corrected chi connectivity index (χ0v) is 13.2. The van der Waals surface area contributed by atoms with E-state index in [4.69, 9.17) is 16.3 Å². The van der Waals surface area contributed by atoms with Gasteiger partial charge in [-0.3, -0.25) is 9.69 Å². The molecule has 3 nitrogen and oxygen atoms in total. The molecular weight excluding hydrogens is 330 g/mol. The molecule has 0 saturated carbocycles. The molecule has 0 aliphatic carbocycles. The van der Waals surface area contributed by atoms with Crippen LogP contribution in [0.4, 0.5) is 0 Å². The average molecular weight is 347 g/mol. The van der Waals surface area contributed by atoms with Gasteiger partial charge in [0.05, 0.1) is 13.0 Å². The molecule has 0 spiro atoms. The molecule has 0 N–H and O–H groups in total. The molecule has 1 heterocycles. The van der Waals surface area contributed by atoms with Gasteiger partial charge in [-0.2, -0.15) is 0 Å². The Bertz CT molecular complexity index is 459. The van der Waals surface area contributed by atoms with Crippen LogP contribution in [0, 0.1) is 5.92 Å². The fourth-order valence-corrected chi connectivity index (χ4v) is 3.12. The summed E-state index contributed by atoms with van der Waals surface area (Å²) in [5, 5.41) is 0.782. The smallest absolute Gasteiger partial charge is 0.308 e. The molecule has 1 aromatic rings. The van der Waals surface area contributed by atoms with E-state index in [1.165, 1.54) is 7.11 Å². The van der Waals surface area contributed by atoms with Crippen molar-refractivity contribution in [3.8, 4) is 0 Å². The standard InChI is InChI=1S/C14H17BrClNO2/c1-19-14(18)10-4-6-17(7-5-10)9-11-2-3-12(15)8-13(11)16/h2-3,8,10H,4-7,9H2,1H3. The highest BCUT2D eigenvalue weighted by Gasteiger charge is 2.25. The zero-order chi connectivity index (χ0) is 13.8. The van der Waals surface area contributed by atoms with E-state index in [0.29, 0.717) is 0 Å². The summed E-state index contributed by atoms with van der Waals surface area (Å²) in [6, 6.07) is 5.96. The lowest BCUT2D eigenvalue weighted by molar-refractivity contribution is -0.147. The lowest BCUT2D eigenvalue weighted by Gasteiger charge is -2.30. The number of carbonyl (C=O) groups is 1. The second-order valence-corrected chi connectivity index (χ2v) is 6.13. The Hall–Kier alpha value is -0.580. The van der Waals surface area contributed by atoms with E-state index >= 15 is 0 Å². The largest absolute Gasteiger partial charge is 0.469 e. The predicted molar refractivity (Wildman–Crippen MR) is 79.2 cm³/mol. The number of hydrogen-bond acceptors (Lipinski definition) is 3. The first-order valence-electron chi connectivity index (χ1n) is 6.34. The van der Waals surface area contributed by atoms with Gasteiger partial charge >= 0.3 is 5.97 Å². The van der Waals surface area contributed by atoms with E-state index in [-0.39, 0.29) is 11.9 Å². The Kier molecular flexibility index (Phi) is 5.25. The fourth-order valence-electron chi connectivity index (χ4n) is 2.38. The fraction of sp³-hybridized carbons (Fsp3) is 0.500. The number of halogens is 2. The minimum atomic E-state index is -0.0821. The SMILES string of the molecule is COC(=O)C1CCN(Cc2ccc(Br)cc2Cl)CC1. The molecule has 0 unspecified atom stereocenters. The van der Waals surface area contributed by atoms with E-state index in [2.05, 4.69) is 20.8 Å². The number of rotatable bonds is 3. The second-order valence-electron chi connectivity index (χ2n) is 4.81. The van der Waals surface area contributed by atoms with Gasteiger partial charge in [-0.1, -0.05) is 33.6 Å². The van der Waals surface area contributed by atoms with Crippen molar-refractivity contribution in [1.29, 1.82) is 0 Å². The molecular formula is C14H17BrClNO2. The summed E-state index contributed by atoms with van der Waals surface area (Å²) in [4.78, 5) is 13.8. The van der Waals surface area contributed by atoms with Gasteiger partial charge in [0, 0.05) is 16.0 Å². The topological polar surface area (TPSA) is 29.5 Å². The van der Waals surface area contributed by atoms with E-state index in [1.807, 2.05) is 18.2 Å². The van der Waals surface area contributed by atoms with Crippen LogP contribution >= 0.6 is 27.5 Å². The molecule has 5 heteroatoms. The Labute approximate surface area is 127 Å². The number of carbonyl (C=O) groups excluding carboxylic acids is 1. The van der Waals surface area contributed by atoms with Gasteiger partial charge in [0.1, 0.15) is 0 Å². The number of ether oxygens (including phenoxy) is 1. The first-order chi connectivity index (χ1) is 9.10. The molecule has 1 aliphatic rings. The van der Waals surface area contributed by atoms with Crippen molar-refractivity contribution in [1.82, 2.24) is 4.90 Å². The Morgan fingerprint density at radius 1 is 1.47 bits per heavy atom. The Balaban J connectivity index is 1.90. The first kappa shape index (κ1) is 14.8. The van der Waals surface area contributed by atoms with Crippen LogP contribution in [0.15, 0.2) is 22.7 Å². The van der Waals surface area contributed by atoms with Crippen LogP contribution in [0.1, 0.15) is 18.4 Å². The number of likely N-dealkylation sites (tertiary alicyclic amines) is 1. The maximum absolute atomic E-state index is 11.5. The van der Waals surface area contributed by atoms with Crippen LogP contribution in [0.3, 0.4) is 0 Å². The molecule has 0 atom stereocenters. The number of nitrogens with zero attached hydrogens (tertiary/aromatic N) is 1. The number of methoxy groups -OCH3 is 1. The van der Waals surface area contributed by atoms with Crippen molar-refractivity contribution in [2.24, 2.45) is 5.92 Å². The van der Waals surface area contributed by atoms with Crippen molar-refractivity contribution in [3.05, 3.63) is 33.3 Å². The van der Waals surface area contributed by atoms with Crippen LogP contribution in [0.5, 0.6) is 0 Å². The molecule has 0 aromatic heterocycles.